The zero-order valence-electron chi connectivity index (χ0n) is 15.7. The Hall–Kier alpha value is -2.60. The molecule has 144 valence electrons. The molecular formula is C22H21BrN2O3. The van der Waals surface area contributed by atoms with Crippen LogP contribution in [0.5, 0.6) is 0 Å². The molecule has 4 rings (SSSR count). The molecule has 3 atom stereocenters. The van der Waals surface area contributed by atoms with Crippen molar-refractivity contribution in [2.24, 2.45) is 11.8 Å². The molecule has 1 aliphatic heterocycles. The SMILES string of the molecule is COC(=O)[C@H]1C(=O)C2=C(C[C@@H]1C)Nc1ccccc1N[C@@H]2c1ccccc1Br. The Labute approximate surface area is 172 Å². The van der Waals surface area contributed by atoms with Crippen LogP contribution in [0.25, 0.3) is 0 Å². The lowest BCUT2D eigenvalue weighted by atomic mass is 9.75. The van der Waals surface area contributed by atoms with E-state index >= 15 is 0 Å². The number of fused-ring (bicyclic) bond motifs is 1. The molecule has 6 heteroatoms. The lowest BCUT2D eigenvalue weighted by Gasteiger charge is -2.32. The van der Waals surface area contributed by atoms with E-state index in [0.717, 1.165) is 27.1 Å². The molecule has 5 nitrogen and oxygen atoms in total. The number of hydrogen-bond acceptors (Lipinski definition) is 5. The Morgan fingerprint density at radius 1 is 1.11 bits per heavy atom. The number of carbonyl (C=O) groups excluding carboxylic acids is 2. The summed E-state index contributed by atoms with van der Waals surface area (Å²) >= 11 is 3.62. The van der Waals surface area contributed by atoms with Gasteiger partial charge in [-0.05, 0) is 36.1 Å². The number of anilines is 2. The molecule has 0 saturated carbocycles. The van der Waals surface area contributed by atoms with Gasteiger partial charge in [0.05, 0.1) is 24.5 Å². The molecule has 0 amide bonds. The van der Waals surface area contributed by atoms with Crippen LogP contribution in [0.15, 0.2) is 64.3 Å². The summed E-state index contributed by atoms with van der Waals surface area (Å²) in [5.74, 6) is -1.60. The van der Waals surface area contributed by atoms with Crippen molar-refractivity contribution in [1.82, 2.24) is 0 Å². The average Bonchev–Trinajstić information content (AvgIpc) is 2.84. The maximum Gasteiger partial charge on any atom is 0.316 e. The molecule has 2 N–H and O–H groups in total. The van der Waals surface area contributed by atoms with Crippen LogP contribution in [0, 0.1) is 11.8 Å². The standard InChI is InChI=1S/C22H21BrN2O3/c1-12-11-17-19(21(26)18(12)22(27)28-2)20(13-7-3-4-8-14(13)23)25-16-10-6-5-9-15(16)24-17/h3-10,12,18,20,24-25H,11H2,1-2H3/t12-,18+,20+/m0/s1. The molecule has 0 bridgehead atoms. The number of Topliss-reactive ketones (excluding diaryl/α,β-unsaturated/α-hetero) is 1. The van der Waals surface area contributed by atoms with Crippen LogP contribution in [0.1, 0.15) is 24.9 Å². The molecule has 0 spiro atoms. The topological polar surface area (TPSA) is 67.4 Å². The summed E-state index contributed by atoms with van der Waals surface area (Å²) in [6, 6.07) is 15.3. The quantitative estimate of drug-likeness (QED) is 0.524. The van der Waals surface area contributed by atoms with Gasteiger partial charge in [-0.15, -0.1) is 0 Å². The molecule has 0 saturated heterocycles. The van der Waals surface area contributed by atoms with E-state index in [1.165, 1.54) is 7.11 Å². The van der Waals surface area contributed by atoms with Crippen molar-refractivity contribution in [1.29, 1.82) is 0 Å². The van der Waals surface area contributed by atoms with E-state index in [1.54, 1.807) is 0 Å². The van der Waals surface area contributed by atoms with Gasteiger partial charge in [0, 0.05) is 15.7 Å². The summed E-state index contributed by atoms with van der Waals surface area (Å²) in [5.41, 5.74) is 4.22. The molecule has 2 aromatic rings. The average molecular weight is 441 g/mol. The Morgan fingerprint density at radius 2 is 1.79 bits per heavy atom. The van der Waals surface area contributed by atoms with Crippen LogP contribution in [0.3, 0.4) is 0 Å². The summed E-state index contributed by atoms with van der Waals surface area (Å²) in [7, 11) is 1.33. The third-order valence-electron chi connectivity index (χ3n) is 5.44. The Morgan fingerprint density at radius 3 is 2.50 bits per heavy atom. The van der Waals surface area contributed by atoms with E-state index in [1.807, 2.05) is 55.5 Å². The number of carbonyl (C=O) groups is 2. The van der Waals surface area contributed by atoms with Gasteiger partial charge in [0.25, 0.3) is 0 Å². The van der Waals surface area contributed by atoms with E-state index in [9.17, 15) is 9.59 Å². The second kappa shape index (κ2) is 7.43. The van der Waals surface area contributed by atoms with Crippen LogP contribution in [-0.4, -0.2) is 18.9 Å². The lowest BCUT2D eigenvalue weighted by molar-refractivity contribution is -0.151. The number of allylic oxidation sites excluding steroid dienone is 1. The zero-order valence-corrected chi connectivity index (χ0v) is 17.2. The molecule has 2 aromatic carbocycles. The summed E-state index contributed by atoms with van der Waals surface area (Å²) in [5, 5.41) is 6.96. The predicted molar refractivity (Wildman–Crippen MR) is 112 cm³/mol. The van der Waals surface area contributed by atoms with Gasteiger partial charge < -0.3 is 15.4 Å². The predicted octanol–water partition coefficient (Wildman–Crippen LogP) is 4.68. The van der Waals surface area contributed by atoms with Gasteiger partial charge >= 0.3 is 5.97 Å². The number of benzene rings is 2. The van der Waals surface area contributed by atoms with Gasteiger partial charge in [0.15, 0.2) is 5.78 Å². The highest BCUT2D eigenvalue weighted by Crippen LogP contribution is 2.44. The minimum atomic E-state index is -0.793. The Bertz CT molecular complexity index is 985. The van der Waals surface area contributed by atoms with E-state index in [2.05, 4.69) is 26.6 Å². The van der Waals surface area contributed by atoms with Gasteiger partial charge in [-0.2, -0.15) is 0 Å². The molecule has 0 aromatic heterocycles. The maximum absolute atomic E-state index is 13.5. The van der Waals surface area contributed by atoms with E-state index in [-0.39, 0.29) is 17.7 Å². The maximum atomic E-state index is 13.5. The van der Waals surface area contributed by atoms with Gasteiger partial charge in [-0.25, -0.2) is 0 Å². The second-order valence-electron chi connectivity index (χ2n) is 7.21. The Kier molecular flexibility index (Phi) is 4.98. The van der Waals surface area contributed by atoms with Gasteiger partial charge in [-0.3, -0.25) is 9.59 Å². The number of halogens is 1. The number of methoxy groups -OCH3 is 1. The fraction of sp³-hybridized carbons (Fsp3) is 0.273. The molecule has 0 unspecified atom stereocenters. The molecule has 2 aliphatic rings. The smallest absolute Gasteiger partial charge is 0.316 e. The first kappa shape index (κ1) is 18.7. The molecular weight excluding hydrogens is 420 g/mol. The number of ether oxygens (including phenoxy) is 1. The van der Waals surface area contributed by atoms with Crippen molar-refractivity contribution < 1.29 is 14.3 Å². The molecule has 0 radical (unpaired) electrons. The molecule has 1 heterocycles. The summed E-state index contributed by atoms with van der Waals surface area (Å²) in [6.45, 7) is 1.92. The Balaban J connectivity index is 1.90. The summed E-state index contributed by atoms with van der Waals surface area (Å²) in [6.07, 6.45) is 0.595. The van der Waals surface area contributed by atoms with Gasteiger partial charge in [0.1, 0.15) is 5.92 Å². The first-order valence-electron chi connectivity index (χ1n) is 9.23. The fourth-order valence-electron chi connectivity index (χ4n) is 4.08. The first-order chi connectivity index (χ1) is 13.5. The number of hydrogen-bond donors (Lipinski definition) is 2. The van der Waals surface area contributed by atoms with Crippen LogP contribution in [-0.2, 0) is 14.3 Å². The number of esters is 1. The summed E-state index contributed by atoms with van der Waals surface area (Å²) < 4.78 is 5.84. The fourth-order valence-corrected chi connectivity index (χ4v) is 4.59. The van der Waals surface area contributed by atoms with Crippen molar-refractivity contribution in [3.8, 4) is 0 Å². The van der Waals surface area contributed by atoms with E-state index in [0.29, 0.717) is 12.0 Å². The van der Waals surface area contributed by atoms with Crippen LogP contribution in [0.4, 0.5) is 11.4 Å². The molecule has 0 fully saturated rings. The van der Waals surface area contributed by atoms with Crippen molar-refractivity contribution in [2.45, 2.75) is 19.4 Å². The normalized spacial score (nSPS) is 23.7. The highest BCUT2D eigenvalue weighted by Gasteiger charge is 2.44. The van der Waals surface area contributed by atoms with E-state index in [4.69, 9.17) is 4.74 Å². The minimum absolute atomic E-state index is 0.142. The number of rotatable bonds is 2. The van der Waals surface area contributed by atoms with Crippen LogP contribution >= 0.6 is 15.9 Å². The van der Waals surface area contributed by atoms with Crippen molar-refractivity contribution in [2.75, 3.05) is 17.7 Å². The second-order valence-corrected chi connectivity index (χ2v) is 8.06. The van der Waals surface area contributed by atoms with Gasteiger partial charge in [-0.1, -0.05) is 53.2 Å². The van der Waals surface area contributed by atoms with E-state index < -0.39 is 11.9 Å². The van der Waals surface area contributed by atoms with Gasteiger partial charge in [0.2, 0.25) is 0 Å². The van der Waals surface area contributed by atoms with Crippen molar-refractivity contribution in [3.05, 3.63) is 69.8 Å². The van der Waals surface area contributed by atoms with Crippen LogP contribution < -0.4 is 10.6 Å². The number of ketones is 1. The number of nitrogens with one attached hydrogen (secondary N) is 2. The first-order valence-corrected chi connectivity index (χ1v) is 10.0. The zero-order chi connectivity index (χ0) is 19.8. The highest BCUT2D eigenvalue weighted by molar-refractivity contribution is 9.10. The monoisotopic (exact) mass is 440 g/mol. The summed E-state index contributed by atoms with van der Waals surface area (Å²) in [4.78, 5) is 25.9. The third-order valence-corrected chi connectivity index (χ3v) is 6.16. The molecule has 1 aliphatic carbocycles. The third kappa shape index (κ3) is 3.11. The van der Waals surface area contributed by atoms with Crippen molar-refractivity contribution >= 4 is 39.1 Å². The lowest BCUT2D eigenvalue weighted by Crippen LogP contribution is -2.39. The highest BCUT2D eigenvalue weighted by atomic mass is 79.9. The minimum Gasteiger partial charge on any atom is -0.468 e. The molecule has 28 heavy (non-hydrogen) atoms. The number of para-hydroxylation sites is 2. The largest absolute Gasteiger partial charge is 0.468 e. The van der Waals surface area contributed by atoms with Crippen molar-refractivity contribution in [3.63, 3.8) is 0 Å². The van der Waals surface area contributed by atoms with Crippen LogP contribution in [0.2, 0.25) is 0 Å².